The van der Waals surface area contributed by atoms with E-state index in [0.717, 1.165) is 5.56 Å². The van der Waals surface area contributed by atoms with Crippen LogP contribution in [0.2, 0.25) is 0 Å². The van der Waals surface area contributed by atoms with Crippen LogP contribution in [0.5, 0.6) is 0 Å². The standard InChI is InChI=1S/C14H16F3NO3/c15-14(16,17)12-8-18(5-6-21-12)13(20)7-10-1-3-11(9-19)4-2-10/h1-4,12,19H,5-9H2/t12-/m0/s1. The molecule has 0 unspecified atom stereocenters. The summed E-state index contributed by atoms with van der Waals surface area (Å²) in [4.78, 5) is 13.2. The lowest BCUT2D eigenvalue weighted by Gasteiger charge is -2.33. The first-order chi connectivity index (χ1) is 9.90. The third kappa shape index (κ3) is 4.18. The van der Waals surface area contributed by atoms with Crippen molar-refractivity contribution in [3.8, 4) is 0 Å². The number of morpholine rings is 1. The number of hydrogen-bond acceptors (Lipinski definition) is 3. The van der Waals surface area contributed by atoms with Crippen molar-refractivity contribution in [2.75, 3.05) is 19.7 Å². The molecule has 21 heavy (non-hydrogen) atoms. The Morgan fingerprint density at radius 1 is 1.29 bits per heavy atom. The summed E-state index contributed by atoms with van der Waals surface area (Å²) in [6.45, 7) is -0.498. The maximum absolute atomic E-state index is 12.6. The molecule has 0 spiro atoms. The molecule has 1 aromatic rings. The number of carbonyl (C=O) groups is 1. The van der Waals surface area contributed by atoms with Crippen molar-refractivity contribution in [2.45, 2.75) is 25.3 Å². The topological polar surface area (TPSA) is 49.8 Å². The van der Waals surface area contributed by atoms with Gasteiger partial charge in [-0.15, -0.1) is 0 Å². The Morgan fingerprint density at radius 2 is 1.90 bits per heavy atom. The highest BCUT2D eigenvalue weighted by Gasteiger charge is 2.44. The van der Waals surface area contributed by atoms with E-state index in [-0.39, 0.29) is 32.1 Å². The molecule has 0 aromatic heterocycles. The third-order valence-corrected chi connectivity index (χ3v) is 3.35. The zero-order valence-electron chi connectivity index (χ0n) is 11.3. The number of aliphatic hydroxyl groups is 1. The molecule has 0 radical (unpaired) electrons. The summed E-state index contributed by atoms with van der Waals surface area (Å²) < 4.78 is 42.5. The van der Waals surface area contributed by atoms with E-state index in [9.17, 15) is 18.0 Å². The van der Waals surface area contributed by atoms with Crippen LogP contribution in [0.25, 0.3) is 0 Å². The molecule has 0 aliphatic carbocycles. The molecule has 116 valence electrons. The Balaban J connectivity index is 1.96. The predicted octanol–water partition coefficient (Wildman–Crippen LogP) is 1.51. The van der Waals surface area contributed by atoms with Gasteiger partial charge in [-0.05, 0) is 11.1 Å². The van der Waals surface area contributed by atoms with Gasteiger partial charge in [0.2, 0.25) is 5.91 Å². The number of benzene rings is 1. The van der Waals surface area contributed by atoms with Crippen LogP contribution >= 0.6 is 0 Å². The summed E-state index contributed by atoms with van der Waals surface area (Å²) >= 11 is 0. The van der Waals surface area contributed by atoms with E-state index in [4.69, 9.17) is 5.11 Å². The smallest absolute Gasteiger partial charge is 0.392 e. The van der Waals surface area contributed by atoms with Crippen LogP contribution in [0.3, 0.4) is 0 Å². The monoisotopic (exact) mass is 303 g/mol. The summed E-state index contributed by atoms with van der Waals surface area (Å²) in [5, 5.41) is 8.92. The zero-order chi connectivity index (χ0) is 15.5. The Kier molecular flexibility index (Phi) is 4.84. The fourth-order valence-corrected chi connectivity index (χ4v) is 2.12. The van der Waals surface area contributed by atoms with E-state index in [2.05, 4.69) is 4.74 Å². The lowest BCUT2D eigenvalue weighted by molar-refractivity contribution is -0.236. The van der Waals surface area contributed by atoms with Crippen molar-refractivity contribution in [2.24, 2.45) is 0 Å². The summed E-state index contributed by atoms with van der Waals surface area (Å²) in [6, 6.07) is 6.73. The van der Waals surface area contributed by atoms with E-state index in [0.29, 0.717) is 5.56 Å². The van der Waals surface area contributed by atoms with Crippen molar-refractivity contribution in [3.63, 3.8) is 0 Å². The van der Waals surface area contributed by atoms with E-state index < -0.39 is 18.8 Å². The second-order valence-electron chi connectivity index (χ2n) is 4.89. The lowest BCUT2D eigenvalue weighted by Crippen LogP contribution is -2.51. The fourth-order valence-electron chi connectivity index (χ4n) is 2.12. The van der Waals surface area contributed by atoms with Crippen LogP contribution in [0.4, 0.5) is 13.2 Å². The molecule has 4 nitrogen and oxygen atoms in total. The van der Waals surface area contributed by atoms with E-state index in [1.807, 2.05) is 0 Å². The number of alkyl halides is 3. The number of nitrogens with zero attached hydrogens (tertiary/aromatic N) is 1. The predicted molar refractivity (Wildman–Crippen MR) is 68.4 cm³/mol. The number of ether oxygens (including phenoxy) is 1. The number of aliphatic hydroxyl groups excluding tert-OH is 1. The quantitative estimate of drug-likeness (QED) is 0.921. The van der Waals surface area contributed by atoms with Gasteiger partial charge in [0.05, 0.1) is 26.2 Å². The highest BCUT2D eigenvalue weighted by Crippen LogP contribution is 2.25. The van der Waals surface area contributed by atoms with Crippen LogP contribution in [-0.2, 0) is 22.6 Å². The van der Waals surface area contributed by atoms with Gasteiger partial charge in [0.25, 0.3) is 0 Å². The van der Waals surface area contributed by atoms with Gasteiger partial charge in [-0.1, -0.05) is 24.3 Å². The summed E-state index contributed by atoms with van der Waals surface area (Å²) in [5.41, 5.74) is 1.42. The molecule has 7 heteroatoms. The SMILES string of the molecule is O=C(Cc1ccc(CO)cc1)N1CCO[C@H](C(F)(F)F)C1. The van der Waals surface area contributed by atoms with Gasteiger partial charge < -0.3 is 14.7 Å². The lowest BCUT2D eigenvalue weighted by atomic mass is 10.1. The number of hydrogen-bond donors (Lipinski definition) is 1. The number of carbonyl (C=O) groups excluding carboxylic acids is 1. The molecular weight excluding hydrogens is 287 g/mol. The first kappa shape index (κ1) is 15.8. The molecule has 1 saturated heterocycles. The maximum atomic E-state index is 12.6. The summed E-state index contributed by atoms with van der Waals surface area (Å²) in [7, 11) is 0. The highest BCUT2D eigenvalue weighted by molar-refractivity contribution is 5.78. The molecular formula is C14H16F3NO3. The Hall–Kier alpha value is -1.60. The Bertz CT molecular complexity index is 487. The zero-order valence-corrected chi connectivity index (χ0v) is 11.3. The van der Waals surface area contributed by atoms with Gasteiger partial charge in [0.15, 0.2) is 6.10 Å². The normalized spacial score (nSPS) is 19.6. The second kappa shape index (κ2) is 6.44. The minimum absolute atomic E-state index is 0.0380. The van der Waals surface area contributed by atoms with Gasteiger partial charge >= 0.3 is 6.18 Å². The van der Waals surface area contributed by atoms with Crippen molar-refractivity contribution < 1.29 is 27.8 Å². The minimum atomic E-state index is -4.46. The van der Waals surface area contributed by atoms with Crippen LogP contribution < -0.4 is 0 Å². The van der Waals surface area contributed by atoms with Crippen molar-refractivity contribution >= 4 is 5.91 Å². The second-order valence-corrected chi connectivity index (χ2v) is 4.89. The number of rotatable bonds is 3. The number of halogens is 3. The highest BCUT2D eigenvalue weighted by atomic mass is 19.4. The van der Waals surface area contributed by atoms with Gasteiger partial charge in [-0.2, -0.15) is 13.2 Å². The maximum Gasteiger partial charge on any atom is 0.416 e. The van der Waals surface area contributed by atoms with Gasteiger partial charge in [-0.25, -0.2) is 0 Å². The Labute approximate surface area is 120 Å². The largest absolute Gasteiger partial charge is 0.416 e. The van der Waals surface area contributed by atoms with Crippen LogP contribution in [-0.4, -0.2) is 47.9 Å². The Morgan fingerprint density at radius 3 is 2.48 bits per heavy atom. The molecule has 1 aliphatic heterocycles. The molecule has 2 rings (SSSR count). The average Bonchev–Trinajstić information content (AvgIpc) is 2.47. The average molecular weight is 303 g/mol. The summed E-state index contributed by atoms with van der Waals surface area (Å²) in [5.74, 6) is -0.357. The first-order valence-corrected chi connectivity index (χ1v) is 6.55. The van der Waals surface area contributed by atoms with Crippen molar-refractivity contribution in [3.05, 3.63) is 35.4 Å². The molecule has 1 fully saturated rings. The van der Waals surface area contributed by atoms with Crippen molar-refractivity contribution in [1.82, 2.24) is 4.90 Å². The minimum Gasteiger partial charge on any atom is -0.392 e. The van der Waals surface area contributed by atoms with Gasteiger partial charge in [0, 0.05) is 6.54 Å². The first-order valence-electron chi connectivity index (χ1n) is 6.55. The van der Waals surface area contributed by atoms with E-state index in [1.54, 1.807) is 24.3 Å². The van der Waals surface area contributed by atoms with Gasteiger partial charge in [-0.3, -0.25) is 4.79 Å². The van der Waals surface area contributed by atoms with Crippen molar-refractivity contribution in [1.29, 1.82) is 0 Å². The third-order valence-electron chi connectivity index (χ3n) is 3.35. The van der Waals surface area contributed by atoms with E-state index in [1.165, 1.54) is 4.90 Å². The molecule has 1 atom stereocenters. The summed E-state index contributed by atoms with van der Waals surface area (Å²) in [6.07, 6.45) is -6.33. The number of amides is 1. The fraction of sp³-hybridized carbons (Fsp3) is 0.500. The van der Waals surface area contributed by atoms with Crippen LogP contribution in [0.1, 0.15) is 11.1 Å². The molecule has 0 bridgehead atoms. The van der Waals surface area contributed by atoms with Crippen LogP contribution in [0.15, 0.2) is 24.3 Å². The molecule has 1 heterocycles. The van der Waals surface area contributed by atoms with Crippen LogP contribution in [0, 0.1) is 0 Å². The molecule has 1 aromatic carbocycles. The van der Waals surface area contributed by atoms with Gasteiger partial charge in [0.1, 0.15) is 0 Å². The molecule has 0 saturated carbocycles. The molecule has 1 N–H and O–H groups in total. The molecule has 1 amide bonds. The molecule has 1 aliphatic rings. The van der Waals surface area contributed by atoms with E-state index >= 15 is 0 Å².